The van der Waals surface area contributed by atoms with E-state index < -0.39 is 18.1 Å². The van der Waals surface area contributed by atoms with Crippen molar-refractivity contribution in [2.24, 2.45) is 5.92 Å². The minimum Gasteiger partial charge on any atom is -0.493 e. The Hall–Kier alpha value is -4.36. The van der Waals surface area contributed by atoms with Gasteiger partial charge in [-0.2, -0.15) is 0 Å². The molecule has 2 heterocycles. The van der Waals surface area contributed by atoms with Crippen molar-refractivity contribution >= 4 is 34.0 Å². The maximum atomic E-state index is 14.1. The van der Waals surface area contributed by atoms with Crippen molar-refractivity contribution in [2.75, 3.05) is 23.7 Å². The molecule has 2 aliphatic heterocycles. The summed E-state index contributed by atoms with van der Waals surface area (Å²) in [5.74, 6) is -0.199. The molecule has 0 aliphatic carbocycles. The van der Waals surface area contributed by atoms with Crippen LogP contribution in [0.3, 0.4) is 0 Å². The van der Waals surface area contributed by atoms with E-state index in [0.717, 1.165) is 28.4 Å². The van der Waals surface area contributed by atoms with E-state index in [1.165, 1.54) is 4.90 Å². The van der Waals surface area contributed by atoms with Gasteiger partial charge in [-0.25, -0.2) is 9.96 Å². The Morgan fingerprint density at radius 3 is 2.39 bits per heavy atom. The van der Waals surface area contributed by atoms with Crippen molar-refractivity contribution in [2.45, 2.75) is 25.5 Å². The summed E-state index contributed by atoms with van der Waals surface area (Å²) >= 11 is 0. The normalized spacial score (nSPS) is 20.7. The molecule has 0 saturated carbocycles. The van der Waals surface area contributed by atoms with Crippen LogP contribution in [0.5, 0.6) is 11.5 Å². The molecule has 38 heavy (non-hydrogen) atoms. The topological polar surface area (TPSA) is 68.3 Å². The average molecular weight is 509 g/mol. The van der Waals surface area contributed by atoms with E-state index in [9.17, 15) is 9.59 Å². The first kappa shape index (κ1) is 24.0. The van der Waals surface area contributed by atoms with Gasteiger partial charge < -0.3 is 9.47 Å². The Kier molecular flexibility index (Phi) is 6.21. The SMILES string of the molecule is CCCOc1ccc([C@@H]2[C@@H]3C(=O)N(c4cccc5ccccc45)C(=O)[C@@H]3ON2c2ccccc2)cc1OC. The third-order valence-corrected chi connectivity index (χ3v) is 7.12. The van der Waals surface area contributed by atoms with E-state index >= 15 is 0 Å². The number of carbonyl (C=O) groups excluding carboxylic acids is 2. The smallest absolute Gasteiger partial charge is 0.266 e. The van der Waals surface area contributed by atoms with E-state index in [1.54, 1.807) is 12.2 Å². The molecule has 0 unspecified atom stereocenters. The van der Waals surface area contributed by atoms with Gasteiger partial charge in [-0.05, 0) is 47.7 Å². The summed E-state index contributed by atoms with van der Waals surface area (Å²) in [5.41, 5.74) is 2.12. The fraction of sp³-hybridized carbons (Fsp3) is 0.226. The second-order valence-electron chi connectivity index (χ2n) is 9.43. The lowest BCUT2D eigenvalue weighted by Gasteiger charge is -2.29. The summed E-state index contributed by atoms with van der Waals surface area (Å²) in [6, 6.07) is 28.0. The molecule has 4 aromatic carbocycles. The number of imide groups is 1. The number of methoxy groups -OCH3 is 1. The number of rotatable bonds is 7. The molecule has 0 aromatic heterocycles. The van der Waals surface area contributed by atoms with Gasteiger partial charge in [0, 0.05) is 5.39 Å². The second-order valence-corrected chi connectivity index (χ2v) is 9.43. The summed E-state index contributed by atoms with van der Waals surface area (Å²) in [5, 5.41) is 3.48. The van der Waals surface area contributed by atoms with Gasteiger partial charge in [0.1, 0.15) is 5.92 Å². The van der Waals surface area contributed by atoms with Crippen LogP contribution in [0, 0.1) is 5.92 Å². The Labute approximate surface area is 221 Å². The van der Waals surface area contributed by atoms with Gasteiger partial charge >= 0.3 is 0 Å². The first-order valence-corrected chi connectivity index (χ1v) is 12.8. The second kappa shape index (κ2) is 9.84. The minimum absolute atomic E-state index is 0.287. The molecule has 2 amide bonds. The van der Waals surface area contributed by atoms with Gasteiger partial charge in [-0.1, -0.05) is 67.6 Å². The number of hydrogen-bond donors (Lipinski definition) is 0. The van der Waals surface area contributed by atoms with Gasteiger partial charge in [-0.15, -0.1) is 0 Å². The lowest BCUT2D eigenvalue weighted by molar-refractivity contribution is -0.126. The maximum Gasteiger partial charge on any atom is 0.266 e. The highest BCUT2D eigenvalue weighted by atomic mass is 16.7. The quantitative estimate of drug-likeness (QED) is 0.299. The molecule has 4 aromatic rings. The molecule has 2 fully saturated rings. The number of nitrogens with zero attached hydrogens (tertiary/aromatic N) is 2. The van der Waals surface area contributed by atoms with Gasteiger partial charge in [0.05, 0.1) is 31.1 Å². The predicted octanol–water partition coefficient (Wildman–Crippen LogP) is 5.69. The first-order chi connectivity index (χ1) is 18.6. The first-order valence-electron chi connectivity index (χ1n) is 12.8. The number of amides is 2. The van der Waals surface area contributed by atoms with Crippen LogP contribution in [-0.4, -0.2) is 31.6 Å². The molecule has 192 valence electrons. The van der Waals surface area contributed by atoms with Crippen molar-refractivity contribution in [1.29, 1.82) is 0 Å². The Morgan fingerprint density at radius 1 is 0.842 bits per heavy atom. The molecular weight excluding hydrogens is 480 g/mol. The Morgan fingerprint density at radius 2 is 1.61 bits per heavy atom. The van der Waals surface area contributed by atoms with Gasteiger partial charge in [-0.3, -0.25) is 14.4 Å². The number of benzene rings is 4. The number of anilines is 2. The molecule has 2 aliphatic rings. The van der Waals surface area contributed by atoms with Crippen LogP contribution < -0.4 is 19.4 Å². The summed E-state index contributed by atoms with van der Waals surface area (Å²) in [6.45, 7) is 2.61. The summed E-state index contributed by atoms with van der Waals surface area (Å²) < 4.78 is 11.5. The number of hydroxylamine groups is 1. The standard InChI is InChI=1S/C31H28N2O5/c1-3-18-37-25-17-16-21(19-26(25)36-2)28-27-29(38-33(28)22-12-5-4-6-13-22)31(35)32(30(27)34)24-15-9-11-20-10-7-8-14-23(20)24/h4-17,19,27-29H,3,18H2,1-2H3/t27-,28+,29+/m0/s1. The van der Waals surface area contributed by atoms with Crippen LogP contribution in [-0.2, 0) is 14.4 Å². The van der Waals surface area contributed by atoms with E-state index in [0.29, 0.717) is 23.8 Å². The summed E-state index contributed by atoms with van der Waals surface area (Å²) in [6.07, 6.45) is -0.0817. The van der Waals surface area contributed by atoms with Crippen molar-refractivity contribution < 1.29 is 23.9 Å². The number of hydrogen-bond acceptors (Lipinski definition) is 6. The zero-order valence-electron chi connectivity index (χ0n) is 21.2. The Balaban J connectivity index is 1.44. The highest BCUT2D eigenvalue weighted by Gasteiger charge is 2.60. The van der Waals surface area contributed by atoms with Gasteiger partial charge in [0.2, 0.25) is 5.91 Å². The summed E-state index contributed by atoms with van der Waals surface area (Å²) in [4.78, 5) is 35.5. The predicted molar refractivity (Wildman–Crippen MR) is 145 cm³/mol. The molecule has 2 saturated heterocycles. The molecule has 6 rings (SSSR count). The highest BCUT2D eigenvalue weighted by molar-refractivity contribution is 6.26. The molecule has 7 heteroatoms. The third-order valence-electron chi connectivity index (χ3n) is 7.12. The molecule has 0 bridgehead atoms. The van der Waals surface area contributed by atoms with Crippen LogP contribution in [0.4, 0.5) is 11.4 Å². The fourth-order valence-corrected chi connectivity index (χ4v) is 5.39. The molecule has 3 atom stereocenters. The van der Waals surface area contributed by atoms with E-state index in [2.05, 4.69) is 0 Å². The van der Waals surface area contributed by atoms with Crippen molar-refractivity contribution in [1.82, 2.24) is 0 Å². The lowest BCUT2D eigenvalue weighted by atomic mass is 9.90. The van der Waals surface area contributed by atoms with Crippen LogP contribution >= 0.6 is 0 Å². The van der Waals surface area contributed by atoms with Crippen molar-refractivity contribution in [3.63, 3.8) is 0 Å². The number of carbonyl (C=O) groups is 2. The monoisotopic (exact) mass is 508 g/mol. The lowest BCUT2D eigenvalue weighted by Crippen LogP contribution is -2.37. The number of ether oxygens (including phenoxy) is 2. The average Bonchev–Trinajstić information content (AvgIpc) is 3.47. The largest absolute Gasteiger partial charge is 0.493 e. The number of para-hydroxylation sites is 1. The molecule has 0 radical (unpaired) electrons. The zero-order valence-corrected chi connectivity index (χ0v) is 21.2. The van der Waals surface area contributed by atoms with Gasteiger partial charge in [0.25, 0.3) is 5.91 Å². The van der Waals surface area contributed by atoms with Crippen molar-refractivity contribution in [3.8, 4) is 11.5 Å². The molecule has 7 nitrogen and oxygen atoms in total. The van der Waals surface area contributed by atoms with E-state index in [-0.39, 0.29) is 11.8 Å². The zero-order chi connectivity index (χ0) is 26.2. The summed E-state index contributed by atoms with van der Waals surface area (Å²) in [7, 11) is 1.59. The van der Waals surface area contributed by atoms with Crippen molar-refractivity contribution in [3.05, 3.63) is 96.6 Å². The van der Waals surface area contributed by atoms with Gasteiger partial charge in [0.15, 0.2) is 17.6 Å². The highest BCUT2D eigenvalue weighted by Crippen LogP contribution is 2.49. The maximum absolute atomic E-state index is 14.1. The van der Waals surface area contributed by atoms with Crippen LogP contribution in [0.1, 0.15) is 24.9 Å². The van der Waals surface area contributed by atoms with E-state index in [1.807, 2.05) is 97.9 Å². The number of fused-ring (bicyclic) bond motifs is 2. The molecular formula is C31H28N2O5. The Bertz CT molecular complexity index is 1500. The molecule has 0 spiro atoms. The fourth-order valence-electron chi connectivity index (χ4n) is 5.39. The minimum atomic E-state index is -0.950. The van der Waals surface area contributed by atoms with E-state index in [4.69, 9.17) is 14.3 Å². The van der Waals surface area contributed by atoms with Crippen LogP contribution in [0.25, 0.3) is 10.8 Å². The third kappa shape index (κ3) is 3.87. The van der Waals surface area contributed by atoms with Crippen LogP contribution in [0.15, 0.2) is 91.0 Å². The van der Waals surface area contributed by atoms with Crippen LogP contribution in [0.2, 0.25) is 0 Å². The molecule has 0 N–H and O–H groups in total.